The van der Waals surface area contributed by atoms with Crippen molar-refractivity contribution >= 4 is 0 Å². The van der Waals surface area contributed by atoms with Crippen molar-refractivity contribution in [3.05, 3.63) is 59.7 Å². The molecule has 0 amide bonds. The van der Waals surface area contributed by atoms with Crippen molar-refractivity contribution in [2.45, 2.75) is 26.1 Å². The Labute approximate surface area is 149 Å². The first kappa shape index (κ1) is 19.2. The minimum Gasteiger partial charge on any atom is -0.491 e. The number of ether oxygens (including phenoxy) is 2. The Kier molecular flexibility index (Phi) is 7.73. The summed E-state index contributed by atoms with van der Waals surface area (Å²) in [5, 5.41) is 22.8. The van der Waals surface area contributed by atoms with Crippen LogP contribution in [-0.4, -0.2) is 48.7 Å². The number of hydrogen-bond donors (Lipinski definition) is 3. The summed E-state index contributed by atoms with van der Waals surface area (Å²) < 4.78 is 11.0. The largest absolute Gasteiger partial charge is 0.491 e. The fourth-order valence-corrected chi connectivity index (χ4v) is 2.19. The Hall–Kier alpha value is -2.08. The standard InChI is InChI=1S/C20H27NO4/c1-15-3-7-19(8-4-15)24-13-17(22)11-21-12-18(23)14-25-20-9-5-16(2)6-10-20/h3-10,17-18,21-23H,11-14H2,1-2H3. The van der Waals surface area contributed by atoms with Gasteiger partial charge in [-0.25, -0.2) is 0 Å². The lowest BCUT2D eigenvalue weighted by molar-refractivity contribution is 0.0858. The molecule has 0 aliphatic heterocycles. The molecular weight excluding hydrogens is 318 g/mol. The van der Waals surface area contributed by atoms with Gasteiger partial charge in [-0.2, -0.15) is 0 Å². The lowest BCUT2D eigenvalue weighted by atomic mass is 10.2. The summed E-state index contributed by atoms with van der Waals surface area (Å²) in [7, 11) is 0. The van der Waals surface area contributed by atoms with Crippen LogP contribution in [0.2, 0.25) is 0 Å². The Bertz CT molecular complexity index is 557. The van der Waals surface area contributed by atoms with Crippen molar-refractivity contribution in [2.75, 3.05) is 26.3 Å². The number of aliphatic hydroxyl groups is 2. The quantitative estimate of drug-likeness (QED) is 0.615. The van der Waals surface area contributed by atoms with Crippen LogP contribution in [0.3, 0.4) is 0 Å². The Morgan fingerprint density at radius 1 is 0.720 bits per heavy atom. The van der Waals surface area contributed by atoms with Crippen LogP contribution in [0.5, 0.6) is 11.5 Å². The number of nitrogens with one attached hydrogen (secondary N) is 1. The molecule has 2 atom stereocenters. The number of aryl methyl sites for hydroxylation is 2. The van der Waals surface area contributed by atoms with E-state index < -0.39 is 12.2 Å². The molecule has 3 N–H and O–H groups in total. The van der Waals surface area contributed by atoms with Crippen molar-refractivity contribution < 1.29 is 19.7 Å². The van der Waals surface area contributed by atoms with Gasteiger partial charge in [0, 0.05) is 13.1 Å². The van der Waals surface area contributed by atoms with Crippen molar-refractivity contribution in [1.82, 2.24) is 5.32 Å². The van der Waals surface area contributed by atoms with E-state index in [1.54, 1.807) is 0 Å². The second-order valence-electron chi connectivity index (χ2n) is 6.21. The first-order chi connectivity index (χ1) is 12.0. The monoisotopic (exact) mass is 345 g/mol. The first-order valence-corrected chi connectivity index (χ1v) is 8.48. The third-order valence-electron chi connectivity index (χ3n) is 3.69. The molecular formula is C20H27NO4. The van der Waals surface area contributed by atoms with Gasteiger partial charge in [-0.15, -0.1) is 0 Å². The highest BCUT2D eigenvalue weighted by molar-refractivity contribution is 5.27. The smallest absolute Gasteiger partial charge is 0.119 e. The van der Waals surface area contributed by atoms with Gasteiger partial charge in [0.05, 0.1) is 0 Å². The highest BCUT2D eigenvalue weighted by Crippen LogP contribution is 2.12. The Morgan fingerprint density at radius 2 is 1.08 bits per heavy atom. The Balaban J connectivity index is 1.57. The van der Waals surface area contributed by atoms with Gasteiger partial charge in [0.15, 0.2) is 0 Å². The van der Waals surface area contributed by atoms with Crippen LogP contribution in [0.25, 0.3) is 0 Å². The lowest BCUT2D eigenvalue weighted by Crippen LogP contribution is -2.37. The van der Waals surface area contributed by atoms with Gasteiger partial charge >= 0.3 is 0 Å². The van der Waals surface area contributed by atoms with E-state index in [1.165, 1.54) is 0 Å². The summed E-state index contributed by atoms with van der Waals surface area (Å²) in [5.41, 5.74) is 2.33. The molecule has 0 bridgehead atoms. The third kappa shape index (κ3) is 7.56. The van der Waals surface area contributed by atoms with Crippen LogP contribution in [0.4, 0.5) is 0 Å². The molecule has 0 saturated heterocycles. The molecule has 2 unspecified atom stereocenters. The average molecular weight is 345 g/mol. The molecule has 5 nitrogen and oxygen atoms in total. The predicted molar refractivity (Wildman–Crippen MR) is 98.2 cm³/mol. The number of benzene rings is 2. The van der Waals surface area contributed by atoms with Crippen molar-refractivity contribution in [3.63, 3.8) is 0 Å². The summed E-state index contributed by atoms with van der Waals surface area (Å²) in [6, 6.07) is 15.4. The average Bonchev–Trinajstić information content (AvgIpc) is 2.61. The van der Waals surface area contributed by atoms with E-state index in [4.69, 9.17) is 9.47 Å². The summed E-state index contributed by atoms with van der Waals surface area (Å²) in [6.07, 6.45) is -1.29. The predicted octanol–water partition coefficient (Wildman–Crippen LogP) is 2.07. The maximum absolute atomic E-state index is 9.91. The van der Waals surface area contributed by atoms with Crippen LogP contribution < -0.4 is 14.8 Å². The van der Waals surface area contributed by atoms with Gasteiger partial charge in [-0.05, 0) is 38.1 Å². The van der Waals surface area contributed by atoms with Gasteiger partial charge in [0.2, 0.25) is 0 Å². The van der Waals surface area contributed by atoms with Gasteiger partial charge in [0.1, 0.15) is 36.9 Å². The van der Waals surface area contributed by atoms with Gasteiger partial charge in [-0.3, -0.25) is 0 Å². The number of hydrogen-bond acceptors (Lipinski definition) is 5. The fourth-order valence-electron chi connectivity index (χ4n) is 2.19. The molecule has 136 valence electrons. The molecule has 5 heteroatoms. The van der Waals surface area contributed by atoms with Gasteiger partial charge < -0.3 is 25.0 Å². The molecule has 0 heterocycles. The van der Waals surface area contributed by atoms with E-state index in [-0.39, 0.29) is 13.2 Å². The maximum Gasteiger partial charge on any atom is 0.119 e. The molecule has 0 aromatic heterocycles. The second-order valence-corrected chi connectivity index (χ2v) is 6.21. The first-order valence-electron chi connectivity index (χ1n) is 8.48. The molecule has 0 spiro atoms. The zero-order valence-electron chi connectivity index (χ0n) is 14.8. The van der Waals surface area contributed by atoms with E-state index >= 15 is 0 Å². The van der Waals surface area contributed by atoms with Crippen LogP contribution in [0, 0.1) is 13.8 Å². The molecule has 2 aromatic rings. The minimum atomic E-state index is -0.647. The number of aliphatic hydroxyl groups excluding tert-OH is 2. The summed E-state index contributed by atoms with van der Waals surface area (Å²) in [4.78, 5) is 0. The number of rotatable bonds is 10. The normalized spacial score (nSPS) is 13.3. The highest BCUT2D eigenvalue weighted by atomic mass is 16.5. The molecule has 0 aliphatic rings. The second kappa shape index (κ2) is 10.0. The van der Waals surface area contributed by atoms with E-state index in [0.29, 0.717) is 13.1 Å². The maximum atomic E-state index is 9.91. The zero-order valence-corrected chi connectivity index (χ0v) is 14.8. The molecule has 0 fully saturated rings. The van der Waals surface area contributed by atoms with Crippen molar-refractivity contribution in [1.29, 1.82) is 0 Å². The van der Waals surface area contributed by atoms with Crippen LogP contribution >= 0.6 is 0 Å². The molecule has 2 aromatic carbocycles. The van der Waals surface area contributed by atoms with Crippen LogP contribution in [0.1, 0.15) is 11.1 Å². The van der Waals surface area contributed by atoms with Crippen molar-refractivity contribution in [3.8, 4) is 11.5 Å². The van der Waals surface area contributed by atoms with Crippen LogP contribution in [0.15, 0.2) is 48.5 Å². The minimum absolute atomic E-state index is 0.200. The topological polar surface area (TPSA) is 71.0 Å². The molecule has 0 saturated carbocycles. The van der Waals surface area contributed by atoms with E-state index in [1.807, 2.05) is 62.4 Å². The summed E-state index contributed by atoms with van der Waals surface area (Å²) in [5.74, 6) is 1.47. The van der Waals surface area contributed by atoms with E-state index in [0.717, 1.165) is 22.6 Å². The SMILES string of the molecule is Cc1ccc(OCC(O)CNCC(O)COc2ccc(C)cc2)cc1. The van der Waals surface area contributed by atoms with Crippen LogP contribution in [-0.2, 0) is 0 Å². The fraction of sp³-hybridized carbons (Fsp3) is 0.400. The molecule has 0 aliphatic carbocycles. The third-order valence-corrected chi connectivity index (χ3v) is 3.69. The highest BCUT2D eigenvalue weighted by Gasteiger charge is 2.09. The molecule has 2 rings (SSSR count). The van der Waals surface area contributed by atoms with E-state index in [9.17, 15) is 10.2 Å². The zero-order chi connectivity index (χ0) is 18.1. The summed E-state index contributed by atoms with van der Waals surface area (Å²) >= 11 is 0. The molecule has 0 radical (unpaired) electrons. The van der Waals surface area contributed by atoms with Crippen molar-refractivity contribution in [2.24, 2.45) is 0 Å². The molecule has 25 heavy (non-hydrogen) atoms. The summed E-state index contributed by atoms with van der Waals surface area (Å²) in [6.45, 7) is 5.10. The Morgan fingerprint density at radius 3 is 1.44 bits per heavy atom. The van der Waals surface area contributed by atoms with E-state index in [2.05, 4.69) is 5.32 Å². The van der Waals surface area contributed by atoms with Gasteiger partial charge in [0.25, 0.3) is 0 Å². The lowest BCUT2D eigenvalue weighted by Gasteiger charge is -2.16. The van der Waals surface area contributed by atoms with Gasteiger partial charge in [-0.1, -0.05) is 35.4 Å².